The van der Waals surface area contributed by atoms with Crippen LogP contribution in [0.5, 0.6) is 11.5 Å². The molecule has 108 valence electrons. The second-order valence-corrected chi connectivity index (χ2v) is 5.05. The summed E-state index contributed by atoms with van der Waals surface area (Å²) in [5, 5.41) is 2.87. The number of nitrogens with two attached hydrogens (primary N) is 1. The third-order valence-corrected chi connectivity index (χ3v) is 3.50. The fraction of sp³-hybridized carbons (Fsp3) is 0.188. The molecule has 0 aliphatic carbocycles. The van der Waals surface area contributed by atoms with E-state index in [-0.39, 0.29) is 12.7 Å². The monoisotopic (exact) mass is 284 g/mol. The number of ether oxygens (including phenoxy) is 2. The van der Waals surface area contributed by atoms with Gasteiger partial charge < -0.3 is 20.5 Å². The Kier molecular flexibility index (Phi) is 3.17. The molecule has 0 bridgehead atoms. The molecule has 1 aliphatic heterocycles. The topological polar surface area (TPSA) is 73.6 Å². The van der Waals surface area contributed by atoms with E-state index < -0.39 is 0 Å². The van der Waals surface area contributed by atoms with Crippen molar-refractivity contribution in [2.45, 2.75) is 13.8 Å². The lowest BCUT2D eigenvalue weighted by Crippen LogP contribution is -2.13. The number of rotatable bonds is 2. The standard InChI is InChI=1S/C16H16N2O3/c1-9-5-10(2)13(7-12(9)17)18-16(19)11-3-4-14-15(6-11)21-8-20-14/h3-7H,8,17H2,1-2H3,(H,18,19). The van der Waals surface area contributed by atoms with Crippen molar-refractivity contribution in [1.82, 2.24) is 0 Å². The second kappa shape index (κ2) is 5.01. The van der Waals surface area contributed by atoms with Crippen molar-refractivity contribution < 1.29 is 14.3 Å². The molecule has 0 atom stereocenters. The highest BCUT2D eigenvalue weighted by atomic mass is 16.7. The van der Waals surface area contributed by atoms with Crippen LogP contribution in [0.15, 0.2) is 30.3 Å². The highest BCUT2D eigenvalue weighted by Gasteiger charge is 2.16. The van der Waals surface area contributed by atoms with Crippen LogP contribution in [0.1, 0.15) is 21.5 Å². The van der Waals surface area contributed by atoms with Gasteiger partial charge in [0.15, 0.2) is 11.5 Å². The fourth-order valence-electron chi connectivity index (χ4n) is 2.24. The van der Waals surface area contributed by atoms with Crippen LogP contribution in [-0.2, 0) is 0 Å². The summed E-state index contributed by atoms with van der Waals surface area (Å²) in [6, 6.07) is 8.83. The number of carbonyl (C=O) groups excluding carboxylic acids is 1. The number of nitrogen functional groups attached to an aromatic ring is 1. The third kappa shape index (κ3) is 2.50. The highest BCUT2D eigenvalue weighted by Crippen LogP contribution is 2.33. The van der Waals surface area contributed by atoms with Gasteiger partial charge in [0.25, 0.3) is 5.91 Å². The SMILES string of the molecule is Cc1cc(C)c(NC(=O)c2ccc3c(c2)OCO3)cc1N. The van der Waals surface area contributed by atoms with Crippen LogP contribution >= 0.6 is 0 Å². The van der Waals surface area contributed by atoms with Gasteiger partial charge in [-0.15, -0.1) is 0 Å². The van der Waals surface area contributed by atoms with Crippen LogP contribution in [0.4, 0.5) is 11.4 Å². The molecular weight excluding hydrogens is 268 g/mol. The Labute approximate surface area is 122 Å². The number of hydrogen-bond acceptors (Lipinski definition) is 4. The first-order valence-corrected chi connectivity index (χ1v) is 6.62. The third-order valence-electron chi connectivity index (χ3n) is 3.50. The van der Waals surface area contributed by atoms with E-state index in [0.29, 0.717) is 28.4 Å². The summed E-state index contributed by atoms with van der Waals surface area (Å²) in [5.74, 6) is 1.03. The van der Waals surface area contributed by atoms with Crippen LogP contribution in [0.3, 0.4) is 0 Å². The molecule has 1 heterocycles. The summed E-state index contributed by atoms with van der Waals surface area (Å²) >= 11 is 0. The van der Waals surface area contributed by atoms with Gasteiger partial charge in [-0.2, -0.15) is 0 Å². The molecule has 0 saturated carbocycles. The van der Waals surface area contributed by atoms with E-state index in [2.05, 4.69) is 5.32 Å². The summed E-state index contributed by atoms with van der Waals surface area (Å²) < 4.78 is 10.5. The Bertz CT molecular complexity index is 726. The lowest BCUT2D eigenvalue weighted by molar-refractivity contribution is 0.102. The van der Waals surface area contributed by atoms with Gasteiger partial charge in [0.05, 0.1) is 0 Å². The number of anilines is 2. The Morgan fingerprint density at radius 1 is 1.10 bits per heavy atom. The quantitative estimate of drug-likeness (QED) is 0.832. The van der Waals surface area contributed by atoms with Gasteiger partial charge >= 0.3 is 0 Å². The predicted molar refractivity (Wildman–Crippen MR) is 80.8 cm³/mol. The van der Waals surface area contributed by atoms with Gasteiger partial charge in [0, 0.05) is 16.9 Å². The normalized spacial score (nSPS) is 12.3. The first-order valence-electron chi connectivity index (χ1n) is 6.62. The molecule has 21 heavy (non-hydrogen) atoms. The van der Waals surface area contributed by atoms with Gasteiger partial charge in [0.1, 0.15) is 0 Å². The molecule has 5 heteroatoms. The van der Waals surface area contributed by atoms with Gasteiger partial charge in [-0.3, -0.25) is 4.79 Å². The predicted octanol–water partition coefficient (Wildman–Crippen LogP) is 2.87. The molecule has 0 spiro atoms. The molecule has 3 rings (SSSR count). The summed E-state index contributed by atoms with van der Waals surface area (Å²) in [6.07, 6.45) is 0. The van der Waals surface area contributed by atoms with E-state index in [1.807, 2.05) is 19.9 Å². The van der Waals surface area contributed by atoms with E-state index >= 15 is 0 Å². The molecule has 0 fully saturated rings. The summed E-state index contributed by atoms with van der Waals surface area (Å²) in [6.45, 7) is 4.06. The highest BCUT2D eigenvalue weighted by molar-refractivity contribution is 6.05. The average Bonchev–Trinajstić information content (AvgIpc) is 2.92. The van der Waals surface area contributed by atoms with Crippen LogP contribution in [-0.4, -0.2) is 12.7 Å². The van der Waals surface area contributed by atoms with Gasteiger partial charge in [-0.1, -0.05) is 6.07 Å². The Morgan fingerprint density at radius 3 is 2.67 bits per heavy atom. The number of aryl methyl sites for hydroxylation is 2. The smallest absolute Gasteiger partial charge is 0.255 e. The number of fused-ring (bicyclic) bond motifs is 1. The zero-order valence-electron chi connectivity index (χ0n) is 11.9. The molecule has 2 aromatic rings. The van der Waals surface area contributed by atoms with E-state index in [9.17, 15) is 4.79 Å². The average molecular weight is 284 g/mol. The Morgan fingerprint density at radius 2 is 1.86 bits per heavy atom. The van der Waals surface area contributed by atoms with Crippen molar-refractivity contribution in [2.24, 2.45) is 0 Å². The number of nitrogens with one attached hydrogen (secondary N) is 1. The van der Waals surface area contributed by atoms with E-state index in [1.165, 1.54) is 0 Å². The van der Waals surface area contributed by atoms with E-state index in [4.69, 9.17) is 15.2 Å². The second-order valence-electron chi connectivity index (χ2n) is 5.05. The van der Waals surface area contributed by atoms with Gasteiger partial charge in [-0.25, -0.2) is 0 Å². The molecule has 5 nitrogen and oxygen atoms in total. The van der Waals surface area contributed by atoms with Crippen LogP contribution in [0.2, 0.25) is 0 Å². The van der Waals surface area contributed by atoms with Gasteiger partial charge in [0.2, 0.25) is 6.79 Å². The Balaban J connectivity index is 1.85. The minimum absolute atomic E-state index is 0.189. The molecule has 0 aromatic heterocycles. The van der Waals surface area contributed by atoms with E-state index in [0.717, 1.165) is 11.1 Å². The fourth-order valence-corrected chi connectivity index (χ4v) is 2.24. The molecule has 3 N–H and O–H groups in total. The molecule has 0 unspecified atom stereocenters. The molecular formula is C16H16N2O3. The zero-order chi connectivity index (χ0) is 15.0. The Hall–Kier alpha value is -2.69. The van der Waals surface area contributed by atoms with Crippen molar-refractivity contribution in [3.05, 3.63) is 47.0 Å². The van der Waals surface area contributed by atoms with Crippen molar-refractivity contribution in [2.75, 3.05) is 17.8 Å². The van der Waals surface area contributed by atoms with Crippen molar-refractivity contribution in [3.63, 3.8) is 0 Å². The van der Waals surface area contributed by atoms with Crippen LogP contribution in [0.25, 0.3) is 0 Å². The van der Waals surface area contributed by atoms with Crippen LogP contribution in [0, 0.1) is 13.8 Å². The lowest BCUT2D eigenvalue weighted by atomic mass is 10.1. The number of benzene rings is 2. The largest absolute Gasteiger partial charge is 0.454 e. The summed E-state index contributed by atoms with van der Waals surface area (Å²) in [4.78, 5) is 12.3. The molecule has 1 amide bonds. The van der Waals surface area contributed by atoms with Crippen molar-refractivity contribution >= 4 is 17.3 Å². The maximum absolute atomic E-state index is 12.3. The first kappa shape index (κ1) is 13.3. The number of hydrogen-bond donors (Lipinski definition) is 2. The maximum atomic E-state index is 12.3. The molecule has 2 aromatic carbocycles. The minimum atomic E-state index is -0.209. The minimum Gasteiger partial charge on any atom is -0.454 e. The van der Waals surface area contributed by atoms with Gasteiger partial charge in [-0.05, 0) is 49.2 Å². The zero-order valence-corrected chi connectivity index (χ0v) is 11.9. The van der Waals surface area contributed by atoms with Crippen molar-refractivity contribution in [1.29, 1.82) is 0 Å². The first-order chi connectivity index (χ1) is 10.0. The maximum Gasteiger partial charge on any atom is 0.255 e. The summed E-state index contributed by atoms with van der Waals surface area (Å²) in [5.41, 5.74) is 9.73. The molecule has 0 saturated heterocycles. The van der Waals surface area contributed by atoms with E-state index in [1.54, 1.807) is 24.3 Å². The summed E-state index contributed by atoms with van der Waals surface area (Å²) in [7, 11) is 0. The molecule has 1 aliphatic rings. The molecule has 0 radical (unpaired) electrons. The lowest BCUT2D eigenvalue weighted by Gasteiger charge is -2.11. The number of carbonyl (C=O) groups is 1. The van der Waals surface area contributed by atoms with Crippen LogP contribution < -0.4 is 20.5 Å². The van der Waals surface area contributed by atoms with Crippen molar-refractivity contribution in [3.8, 4) is 11.5 Å². The number of amides is 1.